The van der Waals surface area contributed by atoms with Crippen LogP contribution >= 0.6 is 23.5 Å². The second kappa shape index (κ2) is 5.72. The first-order valence-corrected chi connectivity index (χ1v) is 8.09. The van der Waals surface area contributed by atoms with E-state index in [1.807, 2.05) is 12.3 Å². The molecule has 0 amide bonds. The molecule has 2 N–H and O–H groups in total. The van der Waals surface area contributed by atoms with Crippen LogP contribution in [0.4, 0.5) is 5.82 Å². The lowest BCUT2D eigenvalue weighted by atomic mass is 10.2. The summed E-state index contributed by atoms with van der Waals surface area (Å²) in [5, 5.41) is 2.56. The van der Waals surface area contributed by atoms with Crippen LogP contribution in [0.1, 0.15) is 5.56 Å². The molecule has 3 aromatic rings. The highest BCUT2D eigenvalue weighted by molar-refractivity contribution is 7.99. The predicted octanol–water partition coefficient (Wildman–Crippen LogP) is 3.21. The summed E-state index contributed by atoms with van der Waals surface area (Å²) >= 11 is 3.09. The monoisotopic (exact) mass is 304 g/mol. The topological polar surface area (TPSA) is 77.8 Å². The number of hydrogen-bond donors (Lipinski definition) is 1. The number of furan rings is 1. The van der Waals surface area contributed by atoms with Crippen molar-refractivity contribution >= 4 is 40.4 Å². The zero-order valence-electron chi connectivity index (χ0n) is 10.7. The number of hydrogen-bond acceptors (Lipinski definition) is 7. The Balaban J connectivity index is 1.76. The number of nitrogens with zero attached hydrogens (tertiary/aromatic N) is 3. The van der Waals surface area contributed by atoms with Gasteiger partial charge in [0.2, 0.25) is 5.71 Å². The highest BCUT2D eigenvalue weighted by Gasteiger charge is 2.05. The Bertz CT molecular complexity index is 744. The number of rotatable bonds is 4. The van der Waals surface area contributed by atoms with Crippen molar-refractivity contribution in [2.45, 2.75) is 15.9 Å². The number of thioether (sulfide) groups is 2. The second-order valence-electron chi connectivity index (χ2n) is 4.06. The van der Waals surface area contributed by atoms with E-state index in [0.717, 1.165) is 21.7 Å². The van der Waals surface area contributed by atoms with Crippen LogP contribution in [0.2, 0.25) is 0 Å². The highest BCUT2D eigenvalue weighted by Crippen LogP contribution is 2.24. The quantitative estimate of drug-likeness (QED) is 0.450. The molecule has 0 fully saturated rings. The number of aromatic nitrogens is 3. The average Bonchev–Trinajstić information content (AvgIpc) is 2.92. The third kappa shape index (κ3) is 2.88. The van der Waals surface area contributed by atoms with Crippen LogP contribution in [0.25, 0.3) is 11.1 Å². The Morgan fingerprint density at radius 2 is 2.20 bits per heavy atom. The first kappa shape index (κ1) is 13.3. The molecular formula is C13H12N4OS2. The van der Waals surface area contributed by atoms with Gasteiger partial charge in [-0.2, -0.15) is 0 Å². The molecule has 0 radical (unpaired) electrons. The molecule has 0 saturated carbocycles. The van der Waals surface area contributed by atoms with Crippen LogP contribution in [-0.4, -0.2) is 21.2 Å². The lowest BCUT2D eigenvalue weighted by Gasteiger charge is -2.03. The fraction of sp³-hybridized carbons (Fsp3) is 0.154. The Morgan fingerprint density at radius 3 is 3.05 bits per heavy atom. The molecule has 0 aliphatic carbocycles. The fourth-order valence-electron chi connectivity index (χ4n) is 1.72. The van der Waals surface area contributed by atoms with Gasteiger partial charge in [-0.3, -0.25) is 0 Å². The maximum atomic E-state index is 5.76. The number of nitrogens with two attached hydrogens (primary N) is 1. The number of fused-ring (bicyclic) bond motifs is 1. The molecule has 3 rings (SSSR count). The zero-order chi connectivity index (χ0) is 13.9. The summed E-state index contributed by atoms with van der Waals surface area (Å²) in [6.07, 6.45) is 5.41. The van der Waals surface area contributed by atoms with E-state index in [2.05, 4.69) is 21.0 Å². The van der Waals surface area contributed by atoms with Crippen molar-refractivity contribution in [1.82, 2.24) is 15.0 Å². The van der Waals surface area contributed by atoms with E-state index in [4.69, 9.17) is 10.2 Å². The second-order valence-corrected chi connectivity index (χ2v) is 5.83. The van der Waals surface area contributed by atoms with Crippen molar-refractivity contribution in [3.63, 3.8) is 0 Å². The Hall–Kier alpha value is -1.73. The minimum Gasteiger partial charge on any atom is -0.446 e. The standard InChI is InChI=1S/C13H12N4OS2/c1-19-11-5-10(14)16-13(17-11)20-7-8-4-9-2-3-18-12(9)15-6-8/h2-6H,7H2,1H3,(H2,14,16,17). The molecule has 7 heteroatoms. The van der Waals surface area contributed by atoms with Crippen LogP contribution in [-0.2, 0) is 5.75 Å². The molecule has 0 aliphatic heterocycles. The molecule has 0 bridgehead atoms. The largest absolute Gasteiger partial charge is 0.446 e. The van der Waals surface area contributed by atoms with E-state index < -0.39 is 0 Å². The first-order valence-electron chi connectivity index (χ1n) is 5.88. The van der Waals surface area contributed by atoms with Gasteiger partial charge in [-0.25, -0.2) is 15.0 Å². The lowest BCUT2D eigenvalue weighted by Crippen LogP contribution is -1.96. The summed E-state index contributed by atoms with van der Waals surface area (Å²) in [5.41, 5.74) is 7.52. The van der Waals surface area contributed by atoms with Crippen LogP contribution in [0.5, 0.6) is 0 Å². The Labute approximate surface area is 124 Å². The van der Waals surface area contributed by atoms with Gasteiger partial charge >= 0.3 is 0 Å². The van der Waals surface area contributed by atoms with Crippen molar-refractivity contribution in [1.29, 1.82) is 0 Å². The van der Waals surface area contributed by atoms with Gasteiger partial charge in [0.1, 0.15) is 10.8 Å². The van der Waals surface area contributed by atoms with Crippen LogP contribution < -0.4 is 5.73 Å². The van der Waals surface area contributed by atoms with Crippen molar-refractivity contribution in [3.05, 3.63) is 36.2 Å². The number of pyridine rings is 1. The van der Waals surface area contributed by atoms with Crippen molar-refractivity contribution in [2.24, 2.45) is 0 Å². The SMILES string of the molecule is CSc1cc(N)nc(SCc2cnc3occc3c2)n1. The number of nitrogen functional groups attached to an aromatic ring is 1. The molecule has 0 unspecified atom stereocenters. The maximum absolute atomic E-state index is 5.76. The fourth-order valence-corrected chi connectivity index (χ4v) is 2.98. The molecule has 0 spiro atoms. The van der Waals surface area contributed by atoms with Gasteiger partial charge in [-0.05, 0) is 24.0 Å². The molecular weight excluding hydrogens is 292 g/mol. The first-order chi connectivity index (χ1) is 9.74. The molecule has 5 nitrogen and oxygen atoms in total. The molecule has 0 atom stereocenters. The van der Waals surface area contributed by atoms with E-state index in [1.165, 1.54) is 0 Å². The summed E-state index contributed by atoms with van der Waals surface area (Å²) in [5.74, 6) is 1.24. The summed E-state index contributed by atoms with van der Waals surface area (Å²) in [6.45, 7) is 0. The molecule has 3 heterocycles. The molecule has 20 heavy (non-hydrogen) atoms. The van der Waals surface area contributed by atoms with Gasteiger partial charge < -0.3 is 10.2 Å². The van der Waals surface area contributed by atoms with E-state index in [0.29, 0.717) is 16.7 Å². The van der Waals surface area contributed by atoms with Gasteiger partial charge in [0.25, 0.3) is 0 Å². The normalized spacial score (nSPS) is 11.1. The van der Waals surface area contributed by atoms with E-state index >= 15 is 0 Å². The molecule has 0 saturated heterocycles. The zero-order valence-corrected chi connectivity index (χ0v) is 12.4. The van der Waals surface area contributed by atoms with E-state index in [9.17, 15) is 0 Å². The highest BCUT2D eigenvalue weighted by atomic mass is 32.2. The van der Waals surface area contributed by atoms with Crippen LogP contribution in [0, 0.1) is 0 Å². The lowest BCUT2D eigenvalue weighted by molar-refractivity contribution is 0.603. The maximum Gasteiger partial charge on any atom is 0.225 e. The molecule has 0 aromatic carbocycles. The summed E-state index contributed by atoms with van der Waals surface area (Å²) < 4.78 is 5.22. The minimum absolute atomic E-state index is 0.496. The Kier molecular flexibility index (Phi) is 3.79. The third-order valence-corrected chi connectivity index (χ3v) is 4.19. The Morgan fingerprint density at radius 1 is 1.30 bits per heavy atom. The molecule has 0 aliphatic rings. The number of anilines is 1. The van der Waals surface area contributed by atoms with Gasteiger partial charge in [0.15, 0.2) is 5.16 Å². The van der Waals surface area contributed by atoms with E-state index in [-0.39, 0.29) is 0 Å². The van der Waals surface area contributed by atoms with Crippen LogP contribution in [0.3, 0.4) is 0 Å². The van der Waals surface area contributed by atoms with Crippen molar-refractivity contribution in [3.8, 4) is 0 Å². The van der Waals surface area contributed by atoms with Crippen LogP contribution in [0.15, 0.2) is 45.3 Å². The van der Waals surface area contributed by atoms with Crippen molar-refractivity contribution in [2.75, 3.05) is 12.0 Å². The van der Waals surface area contributed by atoms with Gasteiger partial charge in [0.05, 0.1) is 6.26 Å². The van der Waals surface area contributed by atoms with Crippen molar-refractivity contribution < 1.29 is 4.42 Å². The smallest absolute Gasteiger partial charge is 0.225 e. The van der Waals surface area contributed by atoms with Gasteiger partial charge in [0, 0.05) is 23.4 Å². The third-order valence-electron chi connectivity index (χ3n) is 2.64. The molecule has 3 aromatic heterocycles. The summed E-state index contributed by atoms with van der Waals surface area (Å²) in [4.78, 5) is 12.9. The van der Waals surface area contributed by atoms with E-state index in [1.54, 1.807) is 42.1 Å². The predicted molar refractivity (Wildman–Crippen MR) is 81.8 cm³/mol. The average molecular weight is 304 g/mol. The molecule has 102 valence electrons. The minimum atomic E-state index is 0.496. The van der Waals surface area contributed by atoms with Gasteiger partial charge in [-0.15, -0.1) is 11.8 Å². The summed E-state index contributed by atoms with van der Waals surface area (Å²) in [6, 6.07) is 5.73. The summed E-state index contributed by atoms with van der Waals surface area (Å²) in [7, 11) is 0. The van der Waals surface area contributed by atoms with Gasteiger partial charge in [-0.1, -0.05) is 11.8 Å².